The van der Waals surface area contributed by atoms with Crippen molar-refractivity contribution in [3.8, 4) is 0 Å². The first-order valence-electron chi connectivity index (χ1n) is 10.5. The zero-order chi connectivity index (χ0) is 40.9. The fourth-order valence-corrected chi connectivity index (χ4v) is 2.78. The molecule has 0 aliphatic rings. The van der Waals surface area contributed by atoms with Crippen molar-refractivity contribution in [2.24, 2.45) is 0 Å². The van der Waals surface area contributed by atoms with Crippen LogP contribution in [0.2, 0.25) is 0 Å². The molecule has 31 heteroatoms. The monoisotopic (exact) mass is 805 g/mol. The van der Waals surface area contributed by atoms with Gasteiger partial charge in [0.2, 0.25) is 0 Å². The van der Waals surface area contributed by atoms with E-state index in [-0.39, 0.29) is 0 Å². The maximum atomic E-state index is 14.0. The molecule has 49 heavy (non-hydrogen) atoms. The highest BCUT2D eigenvalue weighted by Crippen LogP contribution is 2.64. The Morgan fingerprint density at radius 1 is 0.327 bits per heavy atom. The van der Waals surface area contributed by atoms with Gasteiger partial charge in [0.1, 0.15) is 5.71 Å². The molecule has 0 aromatic heterocycles. The summed E-state index contributed by atoms with van der Waals surface area (Å²) in [6.45, 7) is -1.11. The van der Waals surface area contributed by atoms with Crippen LogP contribution in [-0.2, 0) is 0 Å². The largest absolute Gasteiger partial charge is 0.460 e. The third kappa shape index (κ3) is 5.87. The Kier molecular flexibility index (Phi) is 10.8. The number of rotatable bonds is 13. The van der Waals surface area contributed by atoms with Crippen LogP contribution in [0.1, 0.15) is 6.92 Å². The molecular formula is C18H5F30N. The van der Waals surface area contributed by atoms with Gasteiger partial charge in [-0.05, 0) is 18.6 Å². The van der Waals surface area contributed by atoms with Crippen LogP contribution in [0, 0.1) is 5.41 Å². The van der Waals surface area contributed by atoms with Gasteiger partial charge in [-0.15, -0.1) is 0 Å². The molecule has 0 unspecified atom stereocenters. The van der Waals surface area contributed by atoms with Crippen LogP contribution >= 0.6 is 0 Å². The Morgan fingerprint density at radius 3 is 0.776 bits per heavy atom. The summed E-state index contributed by atoms with van der Waals surface area (Å²) >= 11 is 0. The van der Waals surface area contributed by atoms with Crippen molar-refractivity contribution in [1.82, 2.24) is 0 Å². The molecule has 0 aliphatic carbocycles. The van der Waals surface area contributed by atoms with E-state index < -0.39 is 108 Å². The third-order valence-electron chi connectivity index (χ3n) is 5.79. The summed E-state index contributed by atoms with van der Waals surface area (Å²) in [4.78, 5) is 0. The summed E-state index contributed by atoms with van der Waals surface area (Å²) in [5, 5.41) is 6.38. The van der Waals surface area contributed by atoms with Gasteiger partial charge in [-0.2, -0.15) is 132 Å². The van der Waals surface area contributed by atoms with Crippen LogP contribution in [-0.4, -0.2) is 89.1 Å². The maximum Gasteiger partial charge on any atom is 0.460 e. The summed E-state index contributed by atoms with van der Waals surface area (Å²) in [6, 6.07) is 0. The first-order valence-corrected chi connectivity index (χ1v) is 10.5. The van der Waals surface area contributed by atoms with Crippen LogP contribution in [0.25, 0.3) is 0 Å². The van der Waals surface area contributed by atoms with Crippen LogP contribution < -0.4 is 0 Å². The molecule has 0 atom stereocenters. The molecule has 0 bridgehead atoms. The van der Waals surface area contributed by atoms with E-state index in [9.17, 15) is 132 Å². The first kappa shape index (κ1) is 46.3. The van der Waals surface area contributed by atoms with Crippen molar-refractivity contribution >= 4 is 5.71 Å². The van der Waals surface area contributed by atoms with Gasteiger partial charge < -0.3 is 0 Å². The molecule has 1 N–H and O–H groups in total. The van der Waals surface area contributed by atoms with E-state index in [4.69, 9.17) is 5.41 Å². The average molecular weight is 805 g/mol. The number of hydrogen-bond donors (Lipinski definition) is 1. The zero-order valence-electron chi connectivity index (χ0n) is 21.4. The lowest BCUT2D eigenvalue weighted by atomic mass is 9.87. The minimum absolute atomic E-state index is 1.11. The predicted molar refractivity (Wildman–Crippen MR) is 93.0 cm³/mol. The molecule has 0 aromatic rings. The van der Waals surface area contributed by atoms with Gasteiger partial charge in [-0.3, -0.25) is 5.41 Å². The van der Waals surface area contributed by atoms with Gasteiger partial charge in [-0.1, -0.05) is 0 Å². The number of alkyl halides is 30. The standard InChI is InChI=1S/C18H5F30N/c1-3(2-5(19,20)7(23,24)9(27,28)11(31,32)13(35,36)15(39,40)17(43,44)45)4(49)6(21,22)8(25,26)10(29,30)12(33,34)14(37,38)16(41,42)18(46,47)48/h2,49H,1H3/b3-2+,49-4?. The van der Waals surface area contributed by atoms with Crippen LogP contribution in [0.3, 0.4) is 0 Å². The van der Waals surface area contributed by atoms with E-state index in [0.717, 1.165) is 0 Å². The molecule has 0 aliphatic heterocycles. The molecule has 0 fully saturated rings. The normalized spacial score (nSPS) is 17.1. The van der Waals surface area contributed by atoms with Crippen LogP contribution in [0.4, 0.5) is 132 Å². The molecule has 0 radical (unpaired) electrons. The van der Waals surface area contributed by atoms with Crippen molar-refractivity contribution in [2.75, 3.05) is 0 Å². The van der Waals surface area contributed by atoms with E-state index in [1.54, 1.807) is 0 Å². The Hall–Kier alpha value is -2.69. The summed E-state index contributed by atoms with van der Waals surface area (Å²) in [7, 11) is 0. The molecule has 0 saturated heterocycles. The Balaban J connectivity index is 7.24. The molecular weight excluding hydrogens is 800 g/mol. The summed E-state index contributed by atoms with van der Waals surface area (Å²) in [6.07, 6.45) is -18.9. The molecule has 292 valence electrons. The predicted octanol–water partition coefficient (Wildman–Crippen LogP) is 10.7. The van der Waals surface area contributed by atoms with Crippen molar-refractivity contribution in [1.29, 1.82) is 5.41 Å². The van der Waals surface area contributed by atoms with Gasteiger partial charge in [0.25, 0.3) is 0 Å². The van der Waals surface area contributed by atoms with E-state index in [2.05, 4.69) is 0 Å². The second kappa shape index (κ2) is 11.4. The quantitative estimate of drug-likeness (QED) is 0.142. The lowest BCUT2D eigenvalue weighted by Crippen LogP contribution is -2.73. The maximum absolute atomic E-state index is 14.0. The molecule has 0 aromatic carbocycles. The van der Waals surface area contributed by atoms with E-state index in [1.165, 1.54) is 0 Å². The number of nitrogens with one attached hydrogen (secondary N) is 1. The SMILES string of the molecule is C/C(=C\C(F)(F)C(F)(F)C(F)(F)C(F)(F)C(F)(F)C(F)(F)C(F)(F)F)C(=N)C(F)(F)C(F)(F)C(F)(F)C(F)(F)C(F)(F)C(F)(F)C(F)(F)F. The lowest BCUT2D eigenvalue weighted by molar-refractivity contribution is -0.449. The van der Waals surface area contributed by atoms with Crippen LogP contribution in [0.5, 0.6) is 0 Å². The van der Waals surface area contributed by atoms with E-state index in [0.29, 0.717) is 0 Å². The lowest BCUT2D eigenvalue weighted by Gasteiger charge is -2.42. The van der Waals surface area contributed by atoms with Crippen molar-refractivity contribution in [3.63, 3.8) is 0 Å². The topological polar surface area (TPSA) is 23.9 Å². The Morgan fingerprint density at radius 2 is 0.531 bits per heavy atom. The number of halogens is 30. The second-order valence-corrected chi connectivity index (χ2v) is 9.14. The average Bonchev–Trinajstić information content (AvgIpc) is 2.85. The van der Waals surface area contributed by atoms with Gasteiger partial charge in [0, 0.05) is 0 Å². The van der Waals surface area contributed by atoms with Crippen molar-refractivity contribution in [2.45, 2.75) is 90.3 Å². The van der Waals surface area contributed by atoms with E-state index in [1.807, 2.05) is 0 Å². The van der Waals surface area contributed by atoms with E-state index >= 15 is 0 Å². The Labute approximate surface area is 246 Å². The second-order valence-electron chi connectivity index (χ2n) is 9.14. The molecule has 0 rings (SSSR count). The number of hydrogen-bond acceptors (Lipinski definition) is 1. The summed E-state index contributed by atoms with van der Waals surface area (Å²) in [5.41, 5.74) is -7.98. The summed E-state index contributed by atoms with van der Waals surface area (Å²) < 4.78 is 396. The fraction of sp³-hybridized carbons (Fsp3) is 0.833. The van der Waals surface area contributed by atoms with Gasteiger partial charge in [-0.25, -0.2) is 0 Å². The van der Waals surface area contributed by atoms with Crippen molar-refractivity contribution < 1.29 is 132 Å². The Bertz CT molecular complexity index is 1270. The molecule has 0 spiro atoms. The molecule has 0 amide bonds. The fourth-order valence-electron chi connectivity index (χ4n) is 2.78. The minimum Gasteiger partial charge on any atom is -0.299 e. The highest BCUT2D eigenvalue weighted by atomic mass is 19.4. The van der Waals surface area contributed by atoms with Crippen LogP contribution in [0.15, 0.2) is 11.6 Å². The van der Waals surface area contributed by atoms with Gasteiger partial charge in [0.15, 0.2) is 0 Å². The zero-order valence-corrected chi connectivity index (χ0v) is 21.4. The van der Waals surface area contributed by atoms with Crippen molar-refractivity contribution in [3.05, 3.63) is 11.6 Å². The summed E-state index contributed by atoms with van der Waals surface area (Å²) in [5.74, 6) is -104. The van der Waals surface area contributed by atoms with Gasteiger partial charge in [0.05, 0.1) is 0 Å². The third-order valence-corrected chi connectivity index (χ3v) is 5.79. The highest BCUT2D eigenvalue weighted by Gasteiger charge is 2.95. The smallest absolute Gasteiger partial charge is 0.299 e. The first-order chi connectivity index (χ1) is 20.5. The molecule has 0 saturated carbocycles. The minimum atomic E-state index is -9.07. The molecule has 0 heterocycles. The highest BCUT2D eigenvalue weighted by molar-refractivity contribution is 6.03. The van der Waals surface area contributed by atoms with Gasteiger partial charge >= 0.3 is 83.4 Å². The molecule has 1 nitrogen and oxygen atoms in total. The number of allylic oxidation sites excluding steroid dienone is 2.